The molecule has 17 heteroatoms. The highest BCUT2D eigenvalue weighted by Crippen LogP contribution is 2.38. The molecule has 3 aliphatic heterocycles. The number of esters is 1. The summed E-state index contributed by atoms with van der Waals surface area (Å²) in [6, 6.07) is 0. The number of aliphatic imine (C=N–C) groups is 1. The lowest BCUT2D eigenvalue weighted by Gasteiger charge is -2.46. The molecule has 272 valence electrons. The summed E-state index contributed by atoms with van der Waals surface area (Å²) in [5.41, 5.74) is 6.35. The zero-order valence-corrected chi connectivity index (χ0v) is 27.1. The summed E-state index contributed by atoms with van der Waals surface area (Å²) in [4.78, 5) is 31.4. The van der Waals surface area contributed by atoms with Crippen molar-refractivity contribution in [3.05, 3.63) is 59.7 Å². The number of carboxylic acid groups (broad SMARTS) is 1. The number of hydrogen-bond donors (Lipinski definition) is 9. The highest BCUT2D eigenvalue weighted by Gasteiger charge is 2.56. The van der Waals surface area contributed by atoms with Crippen molar-refractivity contribution < 1.29 is 64.3 Å². The minimum atomic E-state index is -3.12. The number of aliphatic hydroxyl groups is 6. The first-order valence-electron chi connectivity index (χ1n) is 16.0. The highest BCUT2D eigenvalue weighted by molar-refractivity contribution is 5.92. The van der Waals surface area contributed by atoms with Gasteiger partial charge in [0.2, 0.25) is 12.1 Å². The number of nitrogens with zero attached hydrogens (tertiary/aromatic N) is 2. The third-order valence-corrected chi connectivity index (χ3v) is 8.88. The van der Waals surface area contributed by atoms with Gasteiger partial charge in [0.25, 0.3) is 0 Å². The predicted octanol–water partition coefficient (Wildman–Crippen LogP) is -1.72. The molecule has 0 amide bonds. The zero-order chi connectivity index (χ0) is 35.9. The molecule has 17 nitrogen and oxygen atoms in total. The minimum absolute atomic E-state index is 0.0572. The van der Waals surface area contributed by atoms with Crippen LogP contribution in [0.3, 0.4) is 0 Å². The van der Waals surface area contributed by atoms with Gasteiger partial charge >= 0.3 is 11.9 Å². The summed E-state index contributed by atoms with van der Waals surface area (Å²) < 4.78 is 22.9. The van der Waals surface area contributed by atoms with Crippen LogP contribution in [-0.4, -0.2) is 135 Å². The van der Waals surface area contributed by atoms with E-state index < -0.39 is 67.1 Å². The van der Waals surface area contributed by atoms with Gasteiger partial charge in [0, 0.05) is 31.3 Å². The van der Waals surface area contributed by atoms with Crippen molar-refractivity contribution in [1.82, 2.24) is 10.2 Å². The molecule has 0 bridgehead atoms. The van der Waals surface area contributed by atoms with Crippen LogP contribution in [0.5, 0.6) is 0 Å². The van der Waals surface area contributed by atoms with Gasteiger partial charge in [-0.05, 0) is 25.7 Å². The standard InChI is InChI=1S/C32H46N4O13/c1-3-19-20(10-9-17-13-36(11-12-37)14-21(27(41)42)24(17)35-31(33)34-2)22(28(43)47-18-7-5-4-6-8-18)16-46-29(19)49-30-26(40)32(44,45)25(39)23(15-38)48-30/h3,9-10,13,16,18-20,23,25-26,29-30,37-40,44-45H,1,4-8,11-12,14-15H2,2H3,(H,41,42)(H3,33,34,35)/b10-9+/t19-,20+,23-,25-,26+,29+,30+/m1/s1. The number of carboxylic acids is 1. The van der Waals surface area contributed by atoms with Gasteiger partial charge in [-0.15, -0.1) is 6.58 Å². The number of nitrogens with two attached hydrogens (primary N) is 1. The number of hydrogen-bond acceptors (Lipinski definition) is 14. The van der Waals surface area contributed by atoms with Crippen LogP contribution in [0.1, 0.15) is 32.1 Å². The summed E-state index contributed by atoms with van der Waals surface area (Å²) in [5.74, 6) is -6.94. The Morgan fingerprint density at radius 1 is 1.18 bits per heavy atom. The van der Waals surface area contributed by atoms with Crippen LogP contribution in [0.25, 0.3) is 0 Å². The summed E-state index contributed by atoms with van der Waals surface area (Å²) in [6.45, 7) is 2.83. The van der Waals surface area contributed by atoms with Crippen LogP contribution in [0.4, 0.5) is 0 Å². The number of rotatable bonds is 12. The third kappa shape index (κ3) is 8.68. The second kappa shape index (κ2) is 16.7. The van der Waals surface area contributed by atoms with Crippen molar-refractivity contribution in [3.63, 3.8) is 0 Å². The maximum absolute atomic E-state index is 13.6. The van der Waals surface area contributed by atoms with Gasteiger partial charge in [0.15, 0.2) is 18.4 Å². The van der Waals surface area contributed by atoms with E-state index in [1.54, 1.807) is 23.3 Å². The number of nitrogens with one attached hydrogen (secondary N) is 1. The Labute approximate surface area is 282 Å². The average molecular weight is 695 g/mol. The van der Waals surface area contributed by atoms with E-state index in [9.17, 15) is 45.3 Å². The first-order chi connectivity index (χ1) is 23.4. The lowest BCUT2D eigenvalue weighted by atomic mass is 9.83. The fraction of sp³-hybridized carbons (Fsp3) is 0.594. The van der Waals surface area contributed by atoms with Crippen molar-refractivity contribution in [3.8, 4) is 0 Å². The number of aliphatic carboxylic acids is 1. The quantitative estimate of drug-likeness (QED) is 0.0361. The number of carbonyl (C=O) groups is 2. The molecule has 0 aromatic rings. The Balaban J connectivity index is 1.73. The van der Waals surface area contributed by atoms with Gasteiger partial charge < -0.3 is 70.6 Å². The predicted molar refractivity (Wildman–Crippen MR) is 170 cm³/mol. The molecular weight excluding hydrogens is 648 g/mol. The maximum atomic E-state index is 13.6. The largest absolute Gasteiger partial charge is 0.478 e. The Kier molecular flexibility index (Phi) is 13.0. The molecule has 4 rings (SSSR count). The van der Waals surface area contributed by atoms with Gasteiger partial charge in [0.05, 0.1) is 48.8 Å². The molecule has 10 N–H and O–H groups in total. The van der Waals surface area contributed by atoms with Crippen molar-refractivity contribution in [2.24, 2.45) is 22.6 Å². The van der Waals surface area contributed by atoms with Crippen LogP contribution in [0.15, 0.2) is 64.7 Å². The van der Waals surface area contributed by atoms with Crippen molar-refractivity contribution in [1.29, 1.82) is 0 Å². The van der Waals surface area contributed by atoms with Crippen molar-refractivity contribution in [2.75, 3.05) is 33.4 Å². The van der Waals surface area contributed by atoms with Crippen LogP contribution in [0.2, 0.25) is 0 Å². The average Bonchev–Trinajstić information content (AvgIpc) is 3.08. The molecule has 7 atom stereocenters. The summed E-state index contributed by atoms with van der Waals surface area (Å²) in [5, 5.41) is 73.5. The topological polar surface area (TPSA) is 266 Å². The number of ether oxygens (including phenoxy) is 4. The fourth-order valence-electron chi connectivity index (χ4n) is 6.11. The number of allylic oxidation sites excluding steroid dienone is 2. The molecule has 4 aliphatic rings. The van der Waals surface area contributed by atoms with Gasteiger partial charge in [-0.3, -0.25) is 4.99 Å². The van der Waals surface area contributed by atoms with E-state index in [1.807, 2.05) is 0 Å². The Morgan fingerprint density at radius 3 is 2.51 bits per heavy atom. The Bertz CT molecular complexity index is 1370. The minimum Gasteiger partial charge on any atom is -0.478 e. The lowest BCUT2D eigenvalue weighted by molar-refractivity contribution is -0.404. The van der Waals surface area contributed by atoms with Gasteiger partial charge in [-0.25, -0.2) is 9.59 Å². The highest BCUT2D eigenvalue weighted by atomic mass is 16.8. The van der Waals surface area contributed by atoms with Crippen molar-refractivity contribution >= 4 is 17.9 Å². The van der Waals surface area contributed by atoms with E-state index in [0.717, 1.165) is 25.5 Å². The number of aliphatic hydroxyl groups excluding tert-OH is 4. The molecule has 1 saturated heterocycles. The van der Waals surface area contributed by atoms with Gasteiger partial charge in [-0.2, -0.15) is 0 Å². The molecular formula is C32H46N4O13. The second-order valence-corrected chi connectivity index (χ2v) is 12.1. The molecule has 0 radical (unpaired) electrons. The number of guanidine groups is 1. The summed E-state index contributed by atoms with van der Waals surface area (Å²) >= 11 is 0. The molecule has 2 fully saturated rings. The van der Waals surface area contributed by atoms with Crippen LogP contribution >= 0.6 is 0 Å². The van der Waals surface area contributed by atoms with E-state index in [1.165, 1.54) is 13.1 Å². The number of β-amino-alcohol motifs (C(OH)–C–C–N with tert-alkyl or cyclic N) is 1. The maximum Gasteiger partial charge on any atom is 0.338 e. The normalized spacial score (nSPS) is 31.1. The zero-order valence-electron chi connectivity index (χ0n) is 27.1. The smallest absolute Gasteiger partial charge is 0.338 e. The van der Waals surface area contributed by atoms with Crippen LogP contribution in [-0.2, 0) is 28.5 Å². The molecule has 49 heavy (non-hydrogen) atoms. The van der Waals surface area contributed by atoms with E-state index in [2.05, 4.69) is 16.9 Å². The van der Waals surface area contributed by atoms with Crippen LogP contribution in [0, 0.1) is 11.8 Å². The molecule has 0 aromatic heterocycles. The molecule has 0 spiro atoms. The van der Waals surface area contributed by atoms with Crippen molar-refractivity contribution in [2.45, 2.75) is 74.9 Å². The molecule has 3 heterocycles. The fourth-order valence-corrected chi connectivity index (χ4v) is 6.11. The summed E-state index contributed by atoms with van der Waals surface area (Å²) in [7, 11) is 1.42. The number of carbonyl (C=O) groups excluding carboxylic acids is 1. The summed E-state index contributed by atoms with van der Waals surface area (Å²) in [6.07, 6.45) is 2.18. The molecule has 0 unspecified atom stereocenters. The Hall–Kier alpha value is -3.81. The van der Waals surface area contributed by atoms with Gasteiger partial charge in [0.1, 0.15) is 18.3 Å². The SMILES string of the molecule is C=C[C@H]1[C@H](O[C@@H]2O[C@H](CO)[C@@H](O)C(O)(O)[C@H]2O)OC=C(C(=O)OC2CCCCC2)[C@H]1/C=C/C1=CN(CCO)CC(C(=O)O)=C1NC(N)=NC. The second-order valence-electron chi connectivity index (χ2n) is 12.1. The first-order valence-corrected chi connectivity index (χ1v) is 16.0. The van der Waals surface area contributed by atoms with Crippen LogP contribution < -0.4 is 11.1 Å². The van der Waals surface area contributed by atoms with E-state index >= 15 is 0 Å². The molecule has 1 saturated carbocycles. The molecule has 1 aliphatic carbocycles. The third-order valence-electron chi connectivity index (χ3n) is 8.88. The van der Waals surface area contributed by atoms with E-state index in [0.29, 0.717) is 18.4 Å². The lowest BCUT2D eigenvalue weighted by Crippen LogP contribution is -2.68. The first kappa shape index (κ1) is 38.0. The molecule has 0 aromatic carbocycles. The van der Waals surface area contributed by atoms with E-state index in [4.69, 9.17) is 24.7 Å². The van der Waals surface area contributed by atoms with Gasteiger partial charge in [-0.1, -0.05) is 24.6 Å². The Morgan fingerprint density at radius 2 is 1.90 bits per heavy atom. The monoisotopic (exact) mass is 694 g/mol. The van der Waals surface area contributed by atoms with E-state index in [-0.39, 0.29) is 48.6 Å².